The second kappa shape index (κ2) is 14.5. The number of benzene rings is 8. The minimum absolute atomic E-state index is 0.0428. The molecule has 1 aliphatic carbocycles. The topological polar surface area (TPSA) is 65.3 Å². The van der Waals surface area contributed by atoms with Gasteiger partial charge in [-0.1, -0.05) is 170 Å². The standard InChI is InChI=1S/C52H45N5/c1-52-32-18-17-30-44(52)48-47-39-26-12-11-23-37(39)33-43(40-27-15-16-31-45(40)55-38-24-9-4-10-25-38)46(47)41-28-13-14-29-42(41)49(48)57(52)51(53)56-50(36-21-7-3-8-22-36)54-34-35-19-5-2-6-20-35/h2-33,44,50-51,54-56H,34,53H2,1H3. The van der Waals surface area contributed by atoms with E-state index in [-0.39, 0.29) is 12.1 Å². The molecule has 0 amide bonds. The highest BCUT2D eigenvalue weighted by Crippen LogP contribution is 2.58. The summed E-state index contributed by atoms with van der Waals surface area (Å²) in [7, 11) is 0. The van der Waals surface area contributed by atoms with Crippen LogP contribution in [0, 0.1) is 0 Å². The van der Waals surface area contributed by atoms with Crippen molar-refractivity contribution in [2.45, 2.75) is 37.4 Å². The van der Waals surface area contributed by atoms with E-state index in [4.69, 9.17) is 5.73 Å². The van der Waals surface area contributed by atoms with E-state index >= 15 is 0 Å². The summed E-state index contributed by atoms with van der Waals surface area (Å²) in [5.41, 5.74) is 16.4. The highest BCUT2D eigenvalue weighted by atomic mass is 15.4. The van der Waals surface area contributed by atoms with Crippen LogP contribution in [-0.4, -0.2) is 11.8 Å². The molecule has 0 saturated heterocycles. The molecule has 1 aliphatic heterocycles. The van der Waals surface area contributed by atoms with Crippen LogP contribution in [0.2, 0.25) is 0 Å². The van der Waals surface area contributed by atoms with Crippen LogP contribution >= 0.6 is 0 Å². The van der Waals surface area contributed by atoms with E-state index in [1.165, 1.54) is 54.7 Å². The Balaban J connectivity index is 1.20. The number of para-hydroxylation sites is 2. The molecule has 10 rings (SSSR count). The number of allylic oxidation sites excluding steroid dienone is 2. The molecule has 0 saturated carbocycles. The van der Waals surface area contributed by atoms with Gasteiger partial charge in [-0.2, -0.15) is 0 Å². The lowest BCUT2D eigenvalue weighted by molar-refractivity contribution is 0.334. The van der Waals surface area contributed by atoms with Gasteiger partial charge < -0.3 is 10.2 Å². The smallest absolute Gasteiger partial charge is 0.134 e. The van der Waals surface area contributed by atoms with E-state index in [2.05, 4.69) is 222 Å². The van der Waals surface area contributed by atoms with E-state index in [1.807, 2.05) is 0 Å². The third-order valence-corrected chi connectivity index (χ3v) is 11.9. The summed E-state index contributed by atoms with van der Waals surface area (Å²) in [6.07, 6.45) is 8.37. The van der Waals surface area contributed by atoms with Gasteiger partial charge in [0.25, 0.3) is 0 Å². The highest BCUT2D eigenvalue weighted by molar-refractivity contribution is 6.28. The number of anilines is 3. The Bertz CT molecular complexity index is 2800. The van der Waals surface area contributed by atoms with E-state index in [0.29, 0.717) is 6.54 Å². The Morgan fingerprint density at radius 3 is 2.09 bits per heavy atom. The zero-order valence-corrected chi connectivity index (χ0v) is 31.9. The molecule has 278 valence electrons. The Hall–Kier alpha value is -6.50. The fraction of sp³-hybridized carbons (Fsp3) is 0.115. The maximum absolute atomic E-state index is 7.56. The maximum Gasteiger partial charge on any atom is 0.134 e. The number of nitrogens with two attached hydrogens (primary N) is 1. The fourth-order valence-electron chi connectivity index (χ4n) is 9.36. The van der Waals surface area contributed by atoms with Crippen molar-refractivity contribution < 1.29 is 0 Å². The molecule has 2 aliphatic rings. The normalized spacial score (nSPS) is 18.1. The number of hydrogen-bond acceptors (Lipinski definition) is 5. The van der Waals surface area contributed by atoms with Crippen molar-refractivity contribution in [1.82, 2.24) is 10.6 Å². The van der Waals surface area contributed by atoms with Crippen LogP contribution in [0.25, 0.3) is 43.4 Å². The van der Waals surface area contributed by atoms with Gasteiger partial charge in [-0.05, 0) is 80.4 Å². The van der Waals surface area contributed by atoms with Crippen molar-refractivity contribution >= 4 is 49.4 Å². The minimum Gasteiger partial charge on any atom is -0.355 e. The molecule has 5 nitrogen and oxygen atoms in total. The molecule has 0 bridgehead atoms. The number of nitrogens with zero attached hydrogens (tertiary/aromatic N) is 1. The van der Waals surface area contributed by atoms with Gasteiger partial charge in [0.15, 0.2) is 0 Å². The lowest BCUT2D eigenvalue weighted by Crippen LogP contribution is -2.62. The zero-order valence-electron chi connectivity index (χ0n) is 31.9. The first-order chi connectivity index (χ1) is 28.1. The first-order valence-corrected chi connectivity index (χ1v) is 19.9. The van der Waals surface area contributed by atoms with Crippen molar-refractivity contribution in [2.24, 2.45) is 5.73 Å². The predicted octanol–water partition coefficient (Wildman–Crippen LogP) is 11.7. The second-order valence-corrected chi connectivity index (χ2v) is 15.4. The van der Waals surface area contributed by atoms with Crippen LogP contribution in [0.15, 0.2) is 194 Å². The molecule has 4 atom stereocenters. The van der Waals surface area contributed by atoms with Crippen LogP contribution in [0.4, 0.5) is 17.1 Å². The Labute approximate surface area is 334 Å². The SMILES string of the molecule is CC12C=CC=CC1c1c(c3ccccc3c3c(-c4ccccc4Nc4ccccc4)cc4ccccc4c13)N2C(N)NC(NCc1ccccc1)c1ccccc1. The van der Waals surface area contributed by atoms with Crippen LogP contribution in [0.1, 0.15) is 35.7 Å². The van der Waals surface area contributed by atoms with Gasteiger partial charge in [-0.15, -0.1) is 0 Å². The van der Waals surface area contributed by atoms with E-state index in [9.17, 15) is 0 Å². The summed E-state index contributed by atoms with van der Waals surface area (Å²) >= 11 is 0. The summed E-state index contributed by atoms with van der Waals surface area (Å²) < 4.78 is 0. The molecule has 57 heavy (non-hydrogen) atoms. The van der Waals surface area contributed by atoms with Crippen LogP contribution in [0.3, 0.4) is 0 Å². The molecule has 8 aromatic carbocycles. The molecule has 8 aromatic rings. The molecular weight excluding hydrogens is 695 g/mol. The first kappa shape index (κ1) is 35.0. The predicted molar refractivity (Wildman–Crippen MR) is 240 cm³/mol. The lowest BCUT2D eigenvalue weighted by atomic mass is 9.77. The summed E-state index contributed by atoms with van der Waals surface area (Å²) in [4.78, 5) is 2.46. The third-order valence-electron chi connectivity index (χ3n) is 11.9. The van der Waals surface area contributed by atoms with E-state index in [0.717, 1.165) is 22.5 Å². The van der Waals surface area contributed by atoms with Gasteiger partial charge in [-0.3, -0.25) is 16.4 Å². The molecule has 5 heteroatoms. The second-order valence-electron chi connectivity index (χ2n) is 15.4. The van der Waals surface area contributed by atoms with Crippen molar-refractivity contribution in [2.75, 3.05) is 10.2 Å². The van der Waals surface area contributed by atoms with Gasteiger partial charge in [0.2, 0.25) is 0 Å². The lowest BCUT2D eigenvalue weighted by Gasteiger charge is -2.44. The van der Waals surface area contributed by atoms with Gasteiger partial charge in [0.1, 0.15) is 6.29 Å². The average Bonchev–Trinajstić information content (AvgIpc) is 3.55. The third kappa shape index (κ3) is 6.08. The summed E-state index contributed by atoms with van der Waals surface area (Å²) in [6, 6.07) is 60.4. The molecular formula is C52H45N5. The summed E-state index contributed by atoms with van der Waals surface area (Å²) in [6.45, 7) is 3.04. The van der Waals surface area contributed by atoms with Gasteiger partial charge >= 0.3 is 0 Å². The molecule has 1 heterocycles. The van der Waals surface area contributed by atoms with Gasteiger partial charge in [-0.25, -0.2) is 0 Å². The Kier molecular flexibility index (Phi) is 8.91. The Morgan fingerprint density at radius 1 is 0.649 bits per heavy atom. The van der Waals surface area contributed by atoms with Crippen molar-refractivity contribution in [1.29, 1.82) is 0 Å². The summed E-state index contributed by atoms with van der Waals surface area (Å²) in [5.74, 6) is 0.0428. The van der Waals surface area contributed by atoms with Gasteiger partial charge in [0, 0.05) is 34.8 Å². The maximum atomic E-state index is 7.56. The molecule has 0 fully saturated rings. The minimum atomic E-state index is -0.547. The molecule has 4 unspecified atom stereocenters. The molecule has 0 aromatic heterocycles. The van der Waals surface area contributed by atoms with Crippen LogP contribution < -0.4 is 26.6 Å². The van der Waals surface area contributed by atoms with E-state index < -0.39 is 11.8 Å². The number of rotatable bonds is 10. The molecule has 0 radical (unpaired) electrons. The number of fused-ring (bicyclic) bond motifs is 10. The van der Waals surface area contributed by atoms with E-state index in [1.54, 1.807) is 0 Å². The number of nitrogens with one attached hydrogen (secondary N) is 3. The van der Waals surface area contributed by atoms with Crippen LogP contribution in [-0.2, 0) is 6.54 Å². The van der Waals surface area contributed by atoms with Crippen LogP contribution in [0.5, 0.6) is 0 Å². The number of hydrogen-bond donors (Lipinski definition) is 4. The first-order valence-electron chi connectivity index (χ1n) is 19.9. The zero-order chi connectivity index (χ0) is 38.3. The monoisotopic (exact) mass is 739 g/mol. The fourth-order valence-corrected chi connectivity index (χ4v) is 9.36. The van der Waals surface area contributed by atoms with Crippen molar-refractivity contribution in [3.63, 3.8) is 0 Å². The largest absolute Gasteiger partial charge is 0.355 e. The summed E-state index contributed by atoms with van der Waals surface area (Å²) in [5, 5.41) is 18.8. The van der Waals surface area contributed by atoms with Crippen molar-refractivity contribution in [3.05, 3.63) is 211 Å². The molecule has 5 N–H and O–H groups in total. The molecule has 0 spiro atoms. The highest BCUT2D eigenvalue weighted by Gasteiger charge is 2.50. The van der Waals surface area contributed by atoms with Gasteiger partial charge in [0.05, 0.1) is 17.4 Å². The average molecular weight is 740 g/mol. The quantitative estimate of drug-likeness (QED) is 0.0831. The van der Waals surface area contributed by atoms with Crippen molar-refractivity contribution in [3.8, 4) is 11.1 Å². The Morgan fingerprint density at radius 2 is 1.30 bits per heavy atom.